The van der Waals surface area contributed by atoms with E-state index in [-0.39, 0.29) is 11.4 Å². The Balaban J connectivity index is 1.68. The zero-order chi connectivity index (χ0) is 25.0. The summed E-state index contributed by atoms with van der Waals surface area (Å²) in [5.74, 6) is -1.20. The lowest BCUT2D eigenvalue weighted by molar-refractivity contribution is -0.117. The summed E-state index contributed by atoms with van der Waals surface area (Å²) in [5, 5.41) is 12.2. The number of carbonyl (C=O) groups excluding carboxylic acids is 2. The number of hydrogen-bond donors (Lipinski definition) is 1. The monoisotopic (exact) mass is 503 g/mol. The van der Waals surface area contributed by atoms with Crippen molar-refractivity contribution in [1.82, 2.24) is 9.97 Å². The minimum Gasteiger partial charge on any atom is -0.503 e. The lowest BCUT2D eigenvalue weighted by Gasteiger charge is -2.24. The van der Waals surface area contributed by atoms with Crippen LogP contribution in [0.2, 0.25) is 0 Å². The molecule has 6 nitrogen and oxygen atoms in total. The average Bonchev–Trinajstić information content (AvgIpc) is 3.46. The number of rotatable bonds is 5. The summed E-state index contributed by atoms with van der Waals surface area (Å²) in [6.07, 6.45) is 0. The first-order valence-electron chi connectivity index (χ1n) is 11.4. The van der Waals surface area contributed by atoms with Crippen LogP contribution >= 0.6 is 22.7 Å². The van der Waals surface area contributed by atoms with Gasteiger partial charge in [0.15, 0.2) is 10.9 Å². The Bertz CT molecular complexity index is 1510. The number of ketones is 1. The molecular weight excluding hydrogens is 478 g/mol. The van der Waals surface area contributed by atoms with E-state index >= 15 is 0 Å². The van der Waals surface area contributed by atoms with Gasteiger partial charge in [0.1, 0.15) is 0 Å². The maximum atomic E-state index is 13.7. The smallest absolute Gasteiger partial charge is 0.296 e. The third-order valence-corrected chi connectivity index (χ3v) is 8.31. The second-order valence-electron chi connectivity index (χ2n) is 9.11. The van der Waals surface area contributed by atoms with Gasteiger partial charge in [-0.1, -0.05) is 55.5 Å². The van der Waals surface area contributed by atoms with Crippen molar-refractivity contribution in [1.29, 1.82) is 0 Å². The molecule has 0 spiro atoms. The van der Waals surface area contributed by atoms with Gasteiger partial charge in [-0.25, -0.2) is 9.97 Å². The number of aromatic nitrogens is 2. The van der Waals surface area contributed by atoms with Crippen molar-refractivity contribution in [2.45, 2.75) is 46.6 Å². The molecule has 1 amide bonds. The van der Waals surface area contributed by atoms with E-state index in [0.29, 0.717) is 21.6 Å². The van der Waals surface area contributed by atoms with E-state index in [0.717, 1.165) is 31.9 Å². The van der Waals surface area contributed by atoms with Crippen molar-refractivity contribution in [3.8, 4) is 0 Å². The fourth-order valence-corrected chi connectivity index (χ4v) is 6.36. The number of fused-ring (bicyclic) bond motifs is 1. The molecule has 1 N–H and O–H groups in total. The van der Waals surface area contributed by atoms with Crippen LogP contribution < -0.4 is 4.90 Å². The van der Waals surface area contributed by atoms with Crippen molar-refractivity contribution in [3.05, 3.63) is 86.1 Å². The van der Waals surface area contributed by atoms with Crippen LogP contribution in [0.4, 0.5) is 5.13 Å². The van der Waals surface area contributed by atoms with Crippen LogP contribution in [0.25, 0.3) is 10.2 Å². The van der Waals surface area contributed by atoms with Crippen LogP contribution in [0.3, 0.4) is 0 Å². The molecule has 2 aromatic heterocycles. The Morgan fingerprint density at radius 2 is 1.74 bits per heavy atom. The molecule has 0 saturated carbocycles. The number of nitrogens with zero attached hydrogens (tertiary/aromatic N) is 3. The molecule has 2 aromatic carbocycles. The van der Waals surface area contributed by atoms with Gasteiger partial charge in [0.05, 0.1) is 37.4 Å². The normalized spacial score (nSPS) is 16.2. The van der Waals surface area contributed by atoms with Crippen LogP contribution in [0.15, 0.2) is 53.8 Å². The molecule has 4 aromatic rings. The van der Waals surface area contributed by atoms with E-state index < -0.39 is 17.7 Å². The Labute approximate surface area is 211 Å². The van der Waals surface area contributed by atoms with Crippen molar-refractivity contribution in [2.24, 2.45) is 0 Å². The molecule has 1 aliphatic rings. The molecule has 0 radical (unpaired) electrons. The molecule has 8 heteroatoms. The standard InChI is InChI=1S/C27H25N3O3S2/c1-13(2)17-7-9-18(10-8-17)22-21(23(31)25-15(4)28-16(5)34-25)24(32)26(33)30(22)27-29-19-11-6-14(3)12-20(19)35-27/h6-13,22,32H,1-5H3. The third kappa shape index (κ3) is 3.96. The number of aryl methyl sites for hydroxylation is 3. The highest BCUT2D eigenvalue weighted by Gasteiger charge is 2.46. The molecular formula is C27H25N3O3S2. The molecule has 0 saturated heterocycles. The first kappa shape index (κ1) is 23.4. The van der Waals surface area contributed by atoms with E-state index in [1.807, 2.05) is 56.3 Å². The molecule has 0 bridgehead atoms. The molecule has 3 heterocycles. The fourth-order valence-electron chi connectivity index (χ4n) is 4.40. The third-order valence-electron chi connectivity index (χ3n) is 6.22. The maximum absolute atomic E-state index is 13.7. The topological polar surface area (TPSA) is 83.4 Å². The summed E-state index contributed by atoms with van der Waals surface area (Å²) in [4.78, 5) is 38.2. The van der Waals surface area contributed by atoms with Gasteiger partial charge in [0.2, 0.25) is 5.78 Å². The fraction of sp³-hybridized carbons (Fsp3) is 0.259. The Morgan fingerprint density at radius 3 is 2.37 bits per heavy atom. The summed E-state index contributed by atoms with van der Waals surface area (Å²) in [5.41, 5.74) is 4.40. The molecule has 1 atom stereocenters. The molecule has 1 unspecified atom stereocenters. The number of thiazole rings is 2. The first-order chi connectivity index (χ1) is 16.7. The van der Waals surface area contributed by atoms with Crippen molar-refractivity contribution >= 4 is 49.7 Å². The highest BCUT2D eigenvalue weighted by molar-refractivity contribution is 7.22. The van der Waals surface area contributed by atoms with Crippen LogP contribution in [0, 0.1) is 20.8 Å². The summed E-state index contributed by atoms with van der Waals surface area (Å²) < 4.78 is 0.940. The van der Waals surface area contributed by atoms with Gasteiger partial charge in [-0.15, -0.1) is 11.3 Å². The van der Waals surface area contributed by atoms with Crippen molar-refractivity contribution in [2.75, 3.05) is 4.90 Å². The Hall–Kier alpha value is -3.36. The molecule has 35 heavy (non-hydrogen) atoms. The second-order valence-corrected chi connectivity index (χ2v) is 11.3. The first-order valence-corrected chi connectivity index (χ1v) is 13.0. The number of hydrogen-bond acceptors (Lipinski definition) is 7. The second kappa shape index (κ2) is 8.70. The van der Waals surface area contributed by atoms with E-state index in [4.69, 9.17) is 4.98 Å². The molecule has 1 aliphatic heterocycles. The zero-order valence-electron chi connectivity index (χ0n) is 20.1. The van der Waals surface area contributed by atoms with Gasteiger partial charge >= 0.3 is 0 Å². The van der Waals surface area contributed by atoms with Gasteiger partial charge in [0.25, 0.3) is 5.91 Å². The Morgan fingerprint density at radius 1 is 1.03 bits per heavy atom. The summed E-state index contributed by atoms with van der Waals surface area (Å²) in [6.45, 7) is 9.83. The van der Waals surface area contributed by atoms with Crippen LogP contribution in [-0.2, 0) is 4.79 Å². The maximum Gasteiger partial charge on any atom is 0.296 e. The van der Waals surface area contributed by atoms with Crippen molar-refractivity contribution in [3.63, 3.8) is 0 Å². The number of anilines is 1. The highest BCUT2D eigenvalue weighted by Crippen LogP contribution is 2.45. The number of Topliss-reactive ketones (excluding diaryl/α,β-unsaturated/α-hetero) is 1. The van der Waals surface area contributed by atoms with Gasteiger partial charge < -0.3 is 5.11 Å². The largest absolute Gasteiger partial charge is 0.503 e. The Kier molecular flexibility index (Phi) is 5.81. The summed E-state index contributed by atoms with van der Waals surface area (Å²) in [7, 11) is 0. The number of aliphatic hydroxyl groups is 1. The summed E-state index contributed by atoms with van der Waals surface area (Å²) in [6, 6.07) is 13.0. The molecule has 178 valence electrons. The number of carbonyl (C=O) groups is 2. The van der Waals surface area contributed by atoms with Gasteiger partial charge in [-0.05, 0) is 55.5 Å². The predicted molar refractivity (Wildman–Crippen MR) is 141 cm³/mol. The summed E-state index contributed by atoms with van der Waals surface area (Å²) >= 11 is 2.64. The SMILES string of the molecule is Cc1ccc2nc(N3C(=O)C(O)=C(C(=O)c4sc(C)nc4C)C3c3ccc(C(C)C)cc3)sc2c1. The highest BCUT2D eigenvalue weighted by atomic mass is 32.1. The average molecular weight is 504 g/mol. The van der Waals surface area contributed by atoms with Gasteiger partial charge in [0, 0.05) is 0 Å². The van der Waals surface area contributed by atoms with Gasteiger partial charge in [-0.3, -0.25) is 14.5 Å². The number of benzene rings is 2. The molecule has 0 aliphatic carbocycles. The predicted octanol–water partition coefficient (Wildman–Crippen LogP) is 6.58. The van der Waals surface area contributed by atoms with E-state index in [9.17, 15) is 14.7 Å². The number of amides is 1. The van der Waals surface area contributed by atoms with Crippen LogP contribution in [-0.4, -0.2) is 26.8 Å². The number of aliphatic hydroxyl groups excluding tert-OH is 1. The van der Waals surface area contributed by atoms with Gasteiger partial charge in [-0.2, -0.15) is 0 Å². The van der Waals surface area contributed by atoms with Crippen LogP contribution in [0.5, 0.6) is 0 Å². The molecule has 0 fully saturated rings. The quantitative estimate of drug-likeness (QED) is 0.311. The zero-order valence-corrected chi connectivity index (χ0v) is 21.8. The van der Waals surface area contributed by atoms with Crippen molar-refractivity contribution < 1.29 is 14.7 Å². The lowest BCUT2D eigenvalue weighted by Crippen LogP contribution is -2.31. The lowest BCUT2D eigenvalue weighted by atomic mass is 9.93. The minimum absolute atomic E-state index is 0.0643. The van der Waals surface area contributed by atoms with E-state index in [1.54, 1.807) is 6.92 Å². The van der Waals surface area contributed by atoms with E-state index in [1.165, 1.54) is 27.6 Å². The molecule has 5 rings (SSSR count). The van der Waals surface area contributed by atoms with Crippen LogP contribution in [0.1, 0.15) is 62.9 Å². The van der Waals surface area contributed by atoms with E-state index in [2.05, 4.69) is 18.8 Å². The minimum atomic E-state index is -0.792.